The van der Waals surface area contributed by atoms with Crippen LogP contribution in [0.2, 0.25) is 5.02 Å². The fourth-order valence-corrected chi connectivity index (χ4v) is 7.56. The largest absolute Gasteiger partial charge is 0.494 e. The van der Waals surface area contributed by atoms with Crippen molar-refractivity contribution in [3.05, 3.63) is 125 Å². The molecule has 1 aliphatic carbocycles. The minimum Gasteiger partial charge on any atom is -0.494 e. The van der Waals surface area contributed by atoms with Crippen LogP contribution in [0.4, 0.5) is 10.1 Å². The lowest BCUT2D eigenvalue weighted by Gasteiger charge is -2.35. The number of hydrogen-bond acceptors (Lipinski definition) is 5. The molecule has 2 amide bonds. The smallest absolute Gasteiger partial charge is 0.264 e. The zero-order valence-corrected chi connectivity index (χ0v) is 29.0. The van der Waals surface area contributed by atoms with Crippen LogP contribution in [0.1, 0.15) is 50.2 Å². The van der Waals surface area contributed by atoms with Gasteiger partial charge in [-0.25, -0.2) is 12.8 Å². The summed E-state index contributed by atoms with van der Waals surface area (Å²) in [5, 5.41) is 3.71. The molecule has 1 atom stereocenters. The molecule has 0 aromatic heterocycles. The predicted molar refractivity (Wildman–Crippen MR) is 189 cm³/mol. The minimum atomic E-state index is -4.34. The summed E-state index contributed by atoms with van der Waals surface area (Å²) >= 11 is 6.17. The topological polar surface area (TPSA) is 96.0 Å². The fourth-order valence-electron chi connectivity index (χ4n) is 6.02. The van der Waals surface area contributed by atoms with Gasteiger partial charge in [0, 0.05) is 24.0 Å². The molecule has 0 bridgehead atoms. The highest BCUT2D eigenvalue weighted by atomic mass is 35.5. The second-order valence-electron chi connectivity index (χ2n) is 12.1. The van der Waals surface area contributed by atoms with E-state index in [1.54, 1.807) is 36.4 Å². The zero-order chi connectivity index (χ0) is 34.8. The Balaban J connectivity index is 1.55. The summed E-state index contributed by atoms with van der Waals surface area (Å²) in [7, 11) is -4.34. The second-order valence-corrected chi connectivity index (χ2v) is 14.4. The van der Waals surface area contributed by atoms with Gasteiger partial charge in [-0.15, -0.1) is 0 Å². The van der Waals surface area contributed by atoms with Crippen molar-refractivity contribution >= 4 is 39.1 Å². The van der Waals surface area contributed by atoms with E-state index in [9.17, 15) is 22.4 Å². The van der Waals surface area contributed by atoms with E-state index in [-0.39, 0.29) is 35.5 Å². The molecule has 0 saturated heterocycles. The number of nitrogens with one attached hydrogen (secondary N) is 1. The van der Waals surface area contributed by atoms with Crippen molar-refractivity contribution in [2.45, 2.75) is 69.0 Å². The standard InChI is InChI=1S/C38H41ClFN3O5S/c1-2-48-34-21-23-35(24-22-34)49(46,47)43(33-19-17-31(40)18-20-33)27-37(44)42(26-29-13-15-30(39)16-14-29)36(25-28-9-5-3-6-10-28)38(45)41-32-11-7-4-8-12-32/h3,5-6,9-10,13-24,32,36H,2,4,7-8,11-12,25-27H2,1H3,(H,41,45). The molecule has 1 saturated carbocycles. The molecule has 11 heteroatoms. The number of nitrogens with zero attached hydrogens (tertiary/aromatic N) is 2. The number of amides is 2. The number of carbonyl (C=O) groups is 2. The van der Waals surface area contributed by atoms with Crippen LogP contribution in [0, 0.1) is 5.82 Å². The van der Waals surface area contributed by atoms with Gasteiger partial charge in [-0.1, -0.05) is 73.3 Å². The predicted octanol–water partition coefficient (Wildman–Crippen LogP) is 7.16. The average molecular weight is 706 g/mol. The molecule has 8 nitrogen and oxygen atoms in total. The van der Waals surface area contributed by atoms with Crippen molar-refractivity contribution in [3.63, 3.8) is 0 Å². The molecule has 0 radical (unpaired) electrons. The van der Waals surface area contributed by atoms with Crippen LogP contribution in [0.25, 0.3) is 0 Å². The summed E-state index contributed by atoms with van der Waals surface area (Å²) in [6, 6.07) is 26.2. The maximum absolute atomic E-state index is 14.6. The highest BCUT2D eigenvalue weighted by Crippen LogP contribution is 2.27. The Morgan fingerprint density at radius 1 is 0.878 bits per heavy atom. The molecular formula is C38H41ClFN3O5S. The summed E-state index contributed by atoms with van der Waals surface area (Å²) in [4.78, 5) is 30.2. The number of benzene rings is 4. The molecule has 1 N–H and O–H groups in total. The van der Waals surface area contributed by atoms with Crippen LogP contribution >= 0.6 is 11.6 Å². The average Bonchev–Trinajstić information content (AvgIpc) is 3.11. The lowest BCUT2D eigenvalue weighted by molar-refractivity contribution is -0.140. The Kier molecular flexibility index (Phi) is 12.3. The monoisotopic (exact) mass is 705 g/mol. The maximum atomic E-state index is 14.6. The van der Waals surface area contributed by atoms with Gasteiger partial charge in [0.2, 0.25) is 11.8 Å². The highest BCUT2D eigenvalue weighted by Gasteiger charge is 2.35. The third-order valence-electron chi connectivity index (χ3n) is 8.61. The van der Waals surface area contributed by atoms with Crippen molar-refractivity contribution in [2.24, 2.45) is 0 Å². The van der Waals surface area contributed by atoms with Crippen molar-refractivity contribution in [1.29, 1.82) is 0 Å². The normalized spacial score (nSPS) is 14.1. The molecule has 1 aliphatic rings. The summed E-state index contributed by atoms with van der Waals surface area (Å²) in [5.74, 6) is -0.970. The summed E-state index contributed by atoms with van der Waals surface area (Å²) in [6.45, 7) is 1.61. The Morgan fingerprint density at radius 3 is 2.16 bits per heavy atom. The second kappa shape index (κ2) is 16.8. The van der Waals surface area contributed by atoms with Crippen molar-refractivity contribution < 1.29 is 27.1 Å². The molecule has 4 aromatic carbocycles. The number of anilines is 1. The molecule has 258 valence electrons. The van der Waals surface area contributed by atoms with Crippen molar-refractivity contribution in [3.8, 4) is 5.75 Å². The van der Waals surface area contributed by atoms with Crippen LogP contribution in [0.15, 0.2) is 108 Å². The van der Waals surface area contributed by atoms with Gasteiger partial charge >= 0.3 is 0 Å². The van der Waals surface area contributed by atoms with Gasteiger partial charge < -0.3 is 15.0 Å². The first kappa shape index (κ1) is 35.9. The number of rotatable bonds is 14. The molecule has 0 spiro atoms. The molecule has 4 aromatic rings. The number of hydrogen-bond donors (Lipinski definition) is 1. The molecule has 1 fully saturated rings. The molecule has 1 unspecified atom stereocenters. The maximum Gasteiger partial charge on any atom is 0.264 e. The Bertz CT molecular complexity index is 1780. The first-order valence-electron chi connectivity index (χ1n) is 16.5. The number of carbonyl (C=O) groups excluding carboxylic acids is 2. The van der Waals surface area contributed by atoms with Gasteiger partial charge in [0.25, 0.3) is 10.0 Å². The van der Waals surface area contributed by atoms with Crippen LogP contribution < -0.4 is 14.4 Å². The lowest BCUT2D eigenvalue weighted by atomic mass is 9.94. The van der Waals surface area contributed by atoms with Crippen LogP contribution in [-0.4, -0.2) is 50.4 Å². The van der Waals surface area contributed by atoms with Gasteiger partial charge in [0.1, 0.15) is 24.2 Å². The van der Waals surface area contributed by atoms with E-state index in [1.165, 1.54) is 29.2 Å². The Morgan fingerprint density at radius 2 is 1.53 bits per heavy atom. The molecule has 49 heavy (non-hydrogen) atoms. The summed E-state index contributed by atoms with van der Waals surface area (Å²) < 4.78 is 48.9. The van der Waals surface area contributed by atoms with Gasteiger partial charge in [-0.05, 0) is 91.6 Å². The van der Waals surface area contributed by atoms with Crippen LogP contribution in [-0.2, 0) is 32.6 Å². The SMILES string of the molecule is CCOc1ccc(S(=O)(=O)N(CC(=O)N(Cc2ccc(Cl)cc2)C(Cc2ccccc2)C(=O)NC2CCCCC2)c2ccc(F)cc2)cc1. The van der Waals surface area contributed by atoms with E-state index >= 15 is 0 Å². The molecule has 5 rings (SSSR count). The van der Waals surface area contributed by atoms with E-state index in [0.717, 1.165) is 54.1 Å². The zero-order valence-electron chi connectivity index (χ0n) is 27.4. The number of ether oxygens (including phenoxy) is 1. The molecular weight excluding hydrogens is 665 g/mol. The van der Waals surface area contributed by atoms with E-state index in [4.69, 9.17) is 16.3 Å². The van der Waals surface area contributed by atoms with Crippen LogP contribution in [0.3, 0.4) is 0 Å². The Labute approximate surface area is 292 Å². The van der Waals surface area contributed by atoms with E-state index in [1.807, 2.05) is 37.3 Å². The van der Waals surface area contributed by atoms with E-state index in [0.29, 0.717) is 22.9 Å². The van der Waals surface area contributed by atoms with E-state index in [2.05, 4.69) is 5.32 Å². The van der Waals surface area contributed by atoms with Crippen molar-refractivity contribution in [2.75, 3.05) is 17.5 Å². The van der Waals surface area contributed by atoms with Gasteiger partial charge in [-0.3, -0.25) is 13.9 Å². The van der Waals surface area contributed by atoms with Gasteiger partial charge in [-0.2, -0.15) is 0 Å². The molecule has 0 heterocycles. The Hall–Kier alpha value is -4.41. The summed E-state index contributed by atoms with van der Waals surface area (Å²) in [6.07, 6.45) is 5.06. The number of sulfonamides is 1. The van der Waals surface area contributed by atoms with Gasteiger partial charge in [0.15, 0.2) is 0 Å². The first-order chi connectivity index (χ1) is 23.6. The quantitative estimate of drug-likeness (QED) is 0.150. The van der Waals surface area contributed by atoms with Crippen LogP contribution in [0.5, 0.6) is 5.75 Å². The number of halogens is 2. The highest BCUT2D eigenvalue weighted by molar-refractivity contribution is 7.92. The van der Waals surface area contributed by atoms with Gasteiger partial charge in [0.05, 0.1) is 17.2 Å². The fraction of sp³-hybridized carbons (Fsp3) is 0.316. The van der Waals surface area contributed by atoms with E-state index < -0.39 is 34.3 Å². The summed E-state index contributed by atoms with van der Waals surface area (Å²) in [5.41, 5.74) is 1.66. The third kappa shape index (κ3) is 9.61. The lowest BCUT2D eigenvalue weighted by Crippen LogP contribution is -2.55. The molecule has 0 aliphatic heterocycles. The van der Waals surface area contributed by atoms with Crippen molar-refractivity contribution in [1.82, 2.24) is 10.2 Å². The minimum absolute atomic E-state index is 0.0113. The first-order valence-corrected chi connectivity index (χ1v) is 18.3. The third-order valence-corrected chi connectivity index (χ3v) is 10.6.